The van der Waals surface area contributed by atoms with Gasteiger partial charge >= 0.3 is 5.69 Å². The fraction of sp³-hybridized carbons (Fsp3) is 0.500. The molecule has 1 saturated heterocycles. The van der Waals surface area contributed by atoms with E-state index in [4.69, 9.17) is 5.11 Å². The van der Waals surface area contributed by atoms with Crippen LogP contribution >= 0.6 is 0 Å². The number of aliphatic hydroxyl groups is 4. The number of aryl methyl sites for hydroxylation is 1. The molecule has 3 aliphatic rings. The molecule has 0 radical (unpaired) electrons. The minimum absolute atomic E-state index is 0.0396. The van der Waals surface area contributed by atoms with E-state index in [0.717, 1.165) is 37.2 Å². The molecule has 0 amide bonds. The summed E-state index contributed by atoms with van der Waals surface area (Å²) in [5, 5.41) is 39.4. The van der Waals surface area contributed by atoms with Gasteiger partial charge < -0.3 is 29.9 Å². The van der Waals surface area contributed by atoms with Crippen LogP contribution in [0.5, 0.6) is 0 Å². The zero-order valence-electron chi connectivity index (χ0n) is 17.0. The standard InChI is InChI=1S/C20H25N5O6/c1-10-6-11-13(7-12(10)24-4-2-3-5-24)25(8-14(27)17(29)15(28)9-26)18-16(21-11)19(30)23-20(31)22-18/h6-7,14-15,17,26-29H,2-5,8-9H2,1H3,(H,23,30,31)/t14-,15+,17-/m0/s1. The molecule has 3 heterocycles. The summed E-state index contributed by atoms with van der Waals surface area (Å²) in [6.45, 7) is 2.73. The summed E-state index contributed by atoms with van der Waals surface area (Å²) in [5.74, 6) is -0.0396. The first kappa shape index (κ1) is 21.4. The second-order valence-corrected chi connectivity index (χ2v) is 7.90. The molecule has 1 aromatic carbocycles. The van der Waals surface area contributed by atoms with Crippen LogP contribution in [-0.2, 0) is 6.54 Å². The van der Waals surface area contributed by atoms with Gasteiger partial charge in [0.2, 0.25) is 0 Å². The fourth-order valence-corrected chi connectivity index (χ4v) is 4.08. The van der Waals surface area contributed by atoms with Gasteiger partial charge in [-0.25, -0.2) is 9.78 Å². The molecule has 5 N–H and O–H groups in total. The molecule has 3 aliphatic heterocycles. The summed E-state index contributed by atoms with van der Waals surface area (Å²) in [6, 6.07) is 3.70. The van der Waals surface area contributed by atoms with Gasteiger partial charge in [-0.05, 0) is 37.5 Å². The maximum atomic E-state index is 12.4. The van der Waals surface area contributed by atoms with Crippen LogP contribution in [-0.4, -0.2) is 78.0 Å². The average Bonchev–Trinajstić information content (AvgIpc) is 3.27. The van der Waals surface area contributed by atoms with Gasteiger partial charge in [0, 0.05) is 18.8 Å². The Morgan fingerprint density at radius 1 is 1.10 bits per heavy atom. The molecule has 11 heteroatoms. The van der Waals surface area contributed by atoms with Crippen LogP contribution < -0.4 is 16.1 Å². The quantitative estimate of drug-likeness (QED) is 0.294. The maximum absolute atomic E-state index is 12.4. The van der Waals surface area contributed by atoms with Crippen molar-refractivity contribution >= 4 is 16.7 Å². The Morgan fingerprint density at radius 3 is 2.48 bits per heavy atom. The van der Waals surface area contributed by atoms with Gasteiger partial charge in [-0.3, -0.25) is 9.78 Å². The highest BCUT2D eigenvalue weighted by Gasteiger charge is 2.28. The van der Waals surface area contributed by atoms with Crippen LogP contribution in [0.4, 0.5) is 5.69 Å². The van der Waals surface area contributed by atoms with Crippen molar-refractivity contribution in [1.82, 2.24) is 19.5 Å². The van der Waals surface area contributed by atoms with E-state index < -0.39 is 36.2 Å². The number of nitrogens with one attached hydrogen (secondary N) is 1. The number of hydrogen-bond donors (Lipinski definition) is 5. The summed E-state index contributed by atoms with van der Waals surface area (Å²) in [4.78, 5) is 36.9. The summed E-state index contributed by atoms with van der Waals surface area (Å²) in [5.41, 5.74) is 1.27. The predicted molar refractivity (Wildman–Crippen MR) is 112 cm³/mol. The number of hydrogen-bond acceptors (Lipinski definition) is 9. The molecule has 1 fully saturated rings. The molecule has 1 aromatic rings. The van der Waals surface area contributed by atoms with Crippen molar-refractivity contribution in [2.45, 2.75) is 44.6 Å². The lowest BCUT2D eigenvalue weighted by atomic mass is 10.1. The van der Waals surface area contributed by atoms with Gasteiger partial charge in [-0.15, -0.1) is 0 Å². The Balaban J connectivity index is 1.95. The number of aliphatic hydroxyl groups excluding tert-OH is 4. The lowest BCUT2D eigenvalue weighted by molar-refractivity contribution is -0.0802. The zero-order valence-corrected chi connectivity index (χ0v) is 17.0. The number of aromatic amines is 1. The Morgan fingerprint density at radius 2 is 1.81 bits per heavy atom. The van der Waals surface area contributed by atoms with E-state index in [9.17, 15) is 24.9 Å². The van der Waals surface area contributed by atoms with E-state index in [1.807, 2.05) is 19.1 Å². The van der Waals surface area contributed by atoms with Gasteiger partial charge in [0.05, 0.1) is 24.2 Å². The molecular weight excluding hydrogens is 406 g/mol. The minimum Gasteiger partial charge on any atom is -0.394 e. The molecule has 31 heavy (non-hydrogen) atoms. The van der Waals surface area contributed by atoms with E-state index >= 15 is 0 Å². The number of anilines is 1. The molecule has 0 saturated carbocycles. The van der Waals surface area contributed by atoms with Crippen molar-refractivity contribution in [3.8, 4) is 11.5 Å². The topological polar surface area (TPSA) is 165 Å². The van der Waals surface area contributed by atoms with Crippen molar-refractivity contribution in [3.05, 3.63) is 38.5 Å². The van der Waals surface area contributed by atoms with E-state index in [0.29, 0.717) is 11.0 Å². The third kappa shape index (κ3) is 3.92. The lowest BCUT2D eigenvalue weighted by Gasteiger charge is -2.26. The van der Waals surface area contributed by atoms with Gasteiger partial charge in [-0.1, -0.05) is 0 Å². The van der Waals surface area contributed by atoms with Crippen LogP contribution in [0.1, 0.15) is 18.4 Å². The highest BCUT2D eigenvalue weighted by atomic mass is 16.4. The Bertz CT molecular complexity index is 1190. The first-order valence-corrected chi connectivity index (χ1v) is 10.2. The van der Waals surface area contributed by atoms with Gasteiger partial charge in [0.15, 0.2) is 11.5 Å². The van der Waals surface area contributed by atoms with Crippen LogP contribution in [0.3, 0.4) is 0 Å². The first-order valence-electron chi connectivity index (χ1n) is 10.2. The maximum Gasteiger partial charge on any atom is 0.349 e. The average molecular weight is 431 g/mol. The zero-order chi connectivity index (χ0) is 22.3. The van der Waals surface area contributed by atoms with Crippen LogP contribution in [0.25, 0.3) is 22.6 Å². The summed E-state index contributed by atoms with van der Waals surface area (Å²) in [7, 11) is 0. The number of aromatic nitrogens is 4. The van der Waals surface area contributed by atoms with Gasteiger partial charge in [-0.2, -0.15) is 4.98 Å². The Labute approximate surface area is 176 Å². The van der Waals surface area contributed by atoms with Crippen LogP contribution in [0.2, 0.25) is 0 Å². The molecule has 0 aliphatic carbocycles. The van der Waals surface area contributed by atoms with E-state index in [2.05, 4.69) is 19.9 Å². The third-order valence-corrected chi connectivity index (χ3v) is 5.72. The molecule has 0 unspecified atom stereocenters. The van der Waals surface area contributed by atoms with Crippen molar-refractivity contribution in [3.63, 3.8) is 0 Å². The molecule has 11 nitrogen and oxygen atoms in total. The SMILES string of the molecule is Cc1cc2nc3c(=O)[nH]c(=O)nc-3n(C[C@H](O)[C@H](O)[C@H](O)CO)c2cc1N1CCCC1. The van der Waals surface area contributed by atoms with Gasteiger partial charge in [0.1, 0.15) is 18.3 Å². The number of nitrogens with zero attached hydrogens (tertiary/aromatic N) is 4. The largest absolute Gasteiger partial charge is 0.394 e. The molecule has 0 bridgehead atoms. The highest BCUT2D eigenvalue weighted by Crippen LogP contribution is 2.31. The predicted octanol–water partition coefficient (Wildman–Crippen LogP) is -1.43. The first-order chi connectivity index (χ1) is 14.8. The van der Waals surface area contributed by atoms with Gasteiger partial charge in [0.25, 0.3) is 5.56 Å². The number of rotatable bonds is 6. The lowest BCUT2D eigenvalue weighted by Crippen LogP contribution is -2.42. The van der Waals surface area contributed by atoms with Crippen molar-refractivity contribution in [2.24, 2.45) is 0 Å². The van der Waals surface area contributed by atoms with E-state index in [1.165, 1.54) is 4.57 Å². The van der Waals surface area contributed by atoms with Crippen molar-refractivity contribution < 1.29 is 20.4 Å². The third-order valence-electron chi connectivity index (χ3n) is 5.72. The Kier molecular flexibility index (Phi) is 5.75. The second kappa shape index (κ2) is 8.35. The molecule has 0 spiro atoms. The fourth-order valence-electron chi connectivity index (χ4n) is 4.08. The normalized spacial score (nSPS) is 17.4. The molecule has 3 atom stereocenters. The monoisotopic (exact) mass is 431 g/mol. The van der Waals surface area contributed by atoms with Crippen molar-refractivity contribution in [1.29, 1.82) is 0 Å². The van der Waals surface area contributed by atoms with E-state index in [-0.39, 0.29) is 18.1 Å². The molecule has 166 valence electrons. The minimum atomic E-state index is -1.65. The highest BCUT2D eigenvalue weighted by molar-refractivity contribution is 5.84. The Hall–Kier alpha value is -2.86. The van der Waals surface area contributed by atoms with Crippen LogP contribution in [0.15, 0.2) is 21.7 Å². The molecular formula is C20H25N5O6. The van der Waals surface area contributed by atoms with E-state index in [1.54, 1.807) is 0 Å². The summed E-state index contributed by atoms with van der Waals surface area (Å²) >= 11 is 0. The van der Waals surface area contributed by atoms with Crippen LogP contribution in [0, 0.1) is 6.92 Å². The second-order valence-electron chi connectivity index (χ2n) is 7.90. The smallest absolute Gasteiger partial charge is 0.349 e. The summed E-state index contributed by atoms with van der Waals surface area (Å²) in [6.07, 6.45) is -2.55. The molecule has 4 rings (SSSR count). The number of benzene rings is 1. The van der Waals surface area contributed by atoms with Crippen molar-refractivity contribution in [2.75, 3.05) is 24.6 Å². The summed E-state index contributed by atoms with van der Waals surface area (Å²) < 4.78 is 1.45. The molecule has 0 aromatic heterocycles. The number of fused-ring (bicyclic) bond motifs is 2. The number of H-pyrrole nitrogens is 1.